The van der Waals surface area contributed by atoms with Gasteiger partial charge in [0.2, 0.25) is 0 Å². The van der Waals surface area contributed by atoms with Gasteiger partial charge in [-0.1, -0.05) is 0 Å². The van der Waals surface area contributed by atoms with Crippen LogP contribution in [0.5, 0.6) is 0 Å². The van der Waals surface area contributed by atoms with Crippen molar-refractivity contribution in [3.63, 3.8) is 0 Å². The lowest BCUT2D eigenvalue weighted by Crippen LogP contribution is -1.67. The normalized spacial score (nSPS) is 9.43. The molecule has 0 aliphatic heterocycles. The van der Waals surface area contributed by atoms with Gasteiger partial charge in [0, 0.05) is 34.2 Å². The molecule has 0 aliphatic rings. The first-order valence-corrected chi connectivity index (χ1v) is 7.23. The molecule has 0 fully saturated rings. The fraction of sp³-hybridized carbons (Fsp3) is 0.333. The van der Waals surface area contributed by atoms with Gasteiger partial charge in [0.1, 0.15) is 0 Å². The Balaban J connectivity index is 0.000000157. The van der Waals surface area contributed by atoms with Crippen LogP contribution in [0.25, 0.3) is 0 Å². The average Bonchev–Trinajstić information content (AvgIpc) is 3.06. The lowest BCUT2D eigenvalue weighted by molar-refractivity contribution is 1.19. The maximum absolute atomic E-state index is 3.14. The zero-order chi connectivity index (χ0) is 15.8. The number of rotatable bonds is 0. The fourth-order valence-electron chi connectivity index (χ4n) is 1.93. The second-order valence-electron chi connectivity index (χ2n) is 5.47. The van der Waals surface area contributed by atoms with Gasteiger partial charge in [-0.3, -0.25) is 0 Å². The van der Waals surface area contributed by atoms with E-state index >= 15 is 0 Å². The van der Waals surface area contributed by atoms with Crippen LogP contribution in [0.15, 0.2) is 36.4 Å². The molecule has 0 spiro atoms. The first-order chi connectivity index (χ1) is 9.86. The highest BCUT2D eigenvalue weighted by atomic mass is 14.7. The number of hydrogen-bond donors (Lipinski definition) is 3. The molecular weight excluding hydrogens is 258 g/mol. The van der Waals surface area contributed by atoms with Crippen LogP contribution >= 0.6 is 0 Å². The third-order valence-electron chi connectivity index (χ3n) is 2.93. The summed E-state index contributed by atoms with van der Waals surface area (Å²) in [6.07, 6.45) is 0. The summed E-state index contributed by atoms with van der Waals surface area (Å²) in [7, 11) is 0. The Morgan fingerprint density at radius 3 is 0.571 bits per heavy atom. The van der Waals surface area contributed by atoms with Crippen LogP contribution in [0.1, 0.15) is 34.2 Å². The summed E-state index contributed by atoms with van der Waals surface area (Å²) < 4.78 is 0. The summed E-state index contributed by atoms with van der Waals surface area (Å²) in [5.41, 5.74) is 7.40. The van der Waals surface area contributed by atoms with Crippen LogP contribution in [-0.2, 0) is 0 Å². The van der Waals surface area contributed by atoms with E-state index in [2.05, 4.69) is 51.4 Å². The van der Waals surface area contributed by atoms with Crippen molar-refractivity contribution in [3.05, 3.63) is 70.6 Å². The predicted octanol–water partition coefficient (Wildman–Crippen LogP) is 4.89. The van der Waals surface area contributed by atoms with E-state index in [9.17, 15) is 0 Å². The topological polar surface area (TPSA) is 47.4 Å². The van der Waals surface area contributed by atoms with Gasteiger partial charge in [0.15, 0.2) is 0 Å². The molecule has 3 aromatic rings. The summed E-state index contributed by atoms with van der Waals surface area (Å²) >= 11 is 0. The highest BCUT2D eigenvalue weighted by Crippen LogP contribution is 1.96. The first kappa shape index (κ1) is 16.9. The van der Waals surface area contributed by atoms with Crippen molar-refractivity contribution in [1.29, 1.82) is 0 Å². The van der Waals surface area contributed by atoms with Crippen molar-refractivity contribution in [2.45, 2.75) is 41.5 Å². The highest BCUT2D eigenvalue weighted by molar-refractivity contribution is 5.10. The van der Waals surface area contributed by atoms with Gasteiger partial charge in [0.25, 0.3) is 0 Å². The first-order valence-electron chi connectivity index (χ1n) is 7.23. The molecule has 3 heterocycles. The van der Waals surface area contributed by atoms with E-state index in [0.717, 1.165) is 0 Å². The van der Waals surface area contributed by atoms with Gasteiger partial charge in [0.05, 0.1) is 0 Å². The van der Waals surface area contributed by atoms with E-state index in [4.69, 9.17) is 0 Å². The van der Waals surface area contributed by atoms with E-state index in [0.29, 0.717) is 0 Å². The molecule has 0 amide bonds. The Labute approximate surface area is 127 Å². The predicted molar refractivity (Wildman–Crippen MR) is 90.8 cm³/mol. The van der Waals surface area contributed by atoms with Crippen LogP contribution in [0, 0.1) is 41.5 Å². The molecule has 21 heavy (non-hydrogen) atoms. The molecule has 114 valence electrons. The van der Waals surface area contributed by atoms with Crippen molar-refractivity contribution in [2.75, 3.05) is 0 Å². The Hall–Kier alpha value is -2.16. The van der Waals surface area contributed by atoms with E-state index in [-0.39, 0.29) is 0 Å². The molecule has 0 unspecified atom stereocenters. The van der Waals surface area contributed by atoms with Gasteiger partial charge in [-0.25, -0.2) is 0 Å². The monoisotopic (exact) mass is 285 g/mol. The minimum absolute atomic E-state index is 1.23. The highest BCUT2D eigenvalue weighted by Gasteiger charge is 1.83. The number of aromatic amines is 3. The summed E-state index contributed by atoms with van der Waals surface area (Å²) in [5, 5.41) is 0. The Morgan fingerprint density at radius 2 is 0.524 bits per heavy atom. The Morgan fingerprint density at radius 1 is 0.381 bits per heavy atom. The van der Waals surface area contributed by atoms with Gasteiger partial charge in [-0.2, -0.15) is 0 Å². The van der Waals surface area contributed by atoms with E-state index in [1.165, 1.54) is 34.2 Å². The van der Waals surface area contributed by atoms with Gasteiger partial charge < -0.3 is 15.0 Å². The molecule has 3 nitrogen and oxygen atoms in total. The second kappa shape index (κ2) is 8.20. The van der Waals surface area contributed by atoms with Gasteiger partial charge in [-0.05, 0) is 77.9 Å². The molecule has 3 N–H and O–H groups in total. The molecule has 0 atom stereocenters. The Bertz CT molecular complexity index is 500. The summed E-state index contributed by atoms with van der Waals surface area (Å²) in [4.78, 5) is 9.42. The fourth-order valence-corrected chi connectivity index (χ4v) is 1.93. The van der Waals surface area contributed by atoms with Gasteiger partial charge in [-0.15, -0.1) is 0 Å². The second-order valence-corrected chi connectivity index (χ2v) is 5.47. The lowest BCUT2D eigenvalue weighted by Gasteiger charge is -1.77. The maximum Gasteiger partial charge on any atom is 0.0117 e. The minimum atomic E-state index is 1.23. The smallest absolute Gasteiger partial charge is 0.0117 e. The largest absolute Gasteiger partial charge is 0.363 e. The number of hydrogen-bond acceptors (Lipinski definition) is 0. The van der Waals surface area contributed by atoms with E-state index in [1.807, 2.05) is 41.5 Å². The lowest BCUT2D eigenvalue weighted by atomic mass is 10.5. The zero-order valence-electron chi connectivity index (χ0n) is 14.0. The molecule has 3 rings (SSSR count). The number of H-pyrrole nitrogens is 3. The molecule has 0 saturated heterocycles. The van der Waals surface area contributed by atoms with Crippen molar-refractivity contribution in [1.82, 2.24) is 15.0 Å². The molecule has 0 bridgehead atoms. The molecule has 3 heteroatoms. The maximum atomic E-state index is 3.14. The summed E-state index contributed by atoms with van der Waals surface area (Å²) in [6, 6.07) is 12.4. The van der Waals surface area contributed by atoms with Crippen LogP contribution in [0.3, 0.4) is 0 Å². The van der Waals surface area contributed by atoms with Crippen LogP contribution in [0.2, 0.25) is 0 Å². The molecule has 0 saturated carbocycles. The molecule has 0 radical (unpaired) electrons. The number of nitrogens with one attached hydrogen (secondary N) is 3. The quantitative estimate of drug-likeness (QED) is 0.526. The van der Waals surface area contributed by atoms with E-state index < -0.39 is 0 Å². The van der Waals surface area contributed by atoms with Gasteiger partial charge >= 0.3 is 0 Å². The molecule has 0 aromatic carbocycles. The standard InChI is InChI=1S/3C6H9N/c3*1-5-3-4-6(2)7-5/h3*3-4,7H,1-2H3. The number of aromatic nitrogens is 3. The summed E-state index contributed by atoms with van der Waals surface area (Å²) in [6.45, 7) is 12.3. The molecule has 3 aromatic heterocycles. The van der Waals surface area contributed by atoms with Crippen LogP contribution < -0.4 is 0 Å². The SMILES string of the molecule is Cc1ccc(C)[nH]1.Cc1ccc(C)[nH]1.Cc1ccc(C)[nH]1. The summed E-state index contributed by atoms with van der Waals surface area (Å²) in [5.74, 6) is 0. The average molecular weight is 285 g/mol. The van der Waals surface area contributed by atoms with Crippen molar-refractivity contribution in [3.8, 4) is 0 Å². The van der Waals surface area contributed by atoms with E-state index in [1.54, 1.807) is 0 Å². The third kappa shape index (κ3) is 7.25. The minimum Gasteiger partial charge on any atom is -0.363 e. The van der Waals surface area contributed by atoms with Crippen molar-refractivity contribution < 1.29 is 0 Å². The molecular formula is C18H27N3. The van der Waals surface area contributed by atoms with Crippen LogP contribution in [0.4, 0.5) is 0 Å². The van der Waals surface area contributed by atoms with Crippen molar-refractivity contribution >= 4 is 0 Å². The third-order valence-corrected chi connectivity index (χ3v) is 2.93. The zero-order valence-corrected chi connectivity index (χ0v) is 14.0. The van der Waals surface area contributed by atoms with Crippen molar-refractivity contribution in [2.24, 2.45) is 0 Å². The Kier molecular flexibility index (Phi) is 6.60. The molecule has 0 aliphatic carbocycles. The van der Waals surface area contributed by atoms with Crippen LogP contribution in [-0.4, -0.2) is 15.0 Å². The number of aryl methyl sites for hydroxylation is 6.